The van der Waals surface area contributed by atoms with Gasteiger partial charge in [0.1, 0.15) is 0 Å². The standard InChI is InChI=1S/C18H36N6.HI/c1-7-19-18(21-10-12-24(15(2)3)16(4)5)20-9-8-11-23-14-17(6)13-22-23;/h13-16H,7-12H2,1-6H3,(H2,19,20,21);1H. The summed E-state index contributed by atoms with van der Waals surface area (Å²) in [5.41, 5.74) is 1.20. The highest BCUT2D eigenvalue weighted by molar-refractivity contribution is 14.0. The average molecular weight is 464 g/mol. The van der Waals surface area contributed by atoms with E-state index in [-0.39, 0.29) is 24.0 Å². The maximum absolute atomic E-state index is 4.66. The van der Waals surface area contributed by atoms with Crippen molar-refractivity contribution in [1.29, 1.82) is 0 Å². The van der Waals surface area contributed by atoms with Gasteiger partial charge in [0.2, 0.25) is 0 Å². The highest BCUT2D eigenvalue weighted by atomic mass is 127. The molecule has 0 saturated carbocycles. The number of hydrogen-bond donors (Lipinski definition) is 2. The smallest absolute Gasteiger partial charge is 0.191 e. The Kier molecular flexibility index (Phi) is 12.9. The lowest BCUT2D eigenvalue weighted by Crippen LogP contribution is -2.45. The molecule has 0 radical (unpaired) electrons. The summed E-state index contributed by atoms with van der Waals surface area (Å²) in [5, 5.41) is 11.1. The fourth-order valence-electron chi connectivity index (χ4n) is 2.77. The van der Waals surface area contributed by atoms with Gasteiger partial charge in [0.15, 0.2) is 5.96 Å². The van der Waals surface area contributed by atoms with Crippen molar-refractivity contribution in [2.75, 3.05) is 26.2 Å². The molecule has 25 heavy (non-hydrogen) atoms. The molecule has 6 nitrogen and oxygen atoms in total. The molecule has 0 aliphatic heterocycles. The Bertz CT molecular complexity index is 476. The Morgan fingerprint density at radius 2 is 1.92 bits per heavy atom. The SMILES string of the molecule is CCNC(=NCCCn1cc(C)cn1)NCCN(C(C)C)C(C)C.I. The molecule has 0 spiro atoms. The topological polar surface area (TPSA) is 57.5 Å². The van der Waals surface area contributed by atoms with Gasteiger partial charge in [-0.2, -0.15) is 5.10 Å². The molecule has 0 atom stereocenters. The van der Waals surface area contributed by atoms with Crippen LogP contribution in [0.25, 0.3) is 0 Å². The zero-order valence-corrected chi connectivity index (χ0v) is 19.1. The van der Waals surface area contributed by atoms with E-state index in [1.165, 1.54) is 5.56 Å². The number of aliphatic imine (C=N–C) groups is 1. The van der Waals surface area contributed by atoms with Crippen LogP contribution in [0.2, 0.25) is 0 Å². The monoisotopic (exact) mass is 464 g/mol. The van der Waals surface area contributed by atoms with Crippen molar-refractivity contribution in [2.24, 2.45) is 4.99 Å². The van der Waals surface area contributed by atoms with Crippen molar-refractivity contribution in [3.63, 3.8) is 0 Å². The van der Waals surface area contributed by atoms with Crippen LogP contribution in [0.5, 0.6) is 0 Å². The van der Waals surface area contributed by atoms with Gasteiger partial charge in [-0.05, 0) is 53.5 Å². The second-order valence-electron chi connectivity index (χ2n) is 6.75. The van der Waals surface area contributed by atoms with E-state index in [1.54, 1.807) is 0 Å². The molecule has 1 aromatic heterocycles. The Balaban J connectivity index is 0.00000576. The number of guanidine groups is 1. The van der Waals surface area contributed by atoms with Crippen molar-refractivity contribution in [1.82, 2.24) is 25.3 Å². The van der Waals surface area contributed by atoms with Crippen LogP contribution in [0.4, 0.5) is 0 Å². The zero-order valence-electron chi connectivity index (χ0n) is 16.7. The van der Waals surface area contributed by atoms with E-state index >= 15 is 0 Å². The van der Waals surface area contributed by atoms with Gasteiger partial charge < -0.3 is 10.6 Å². The lowest BCUT2D eigenvalue weighted by Gasteiger charge is -2.30. The molecule has 0 unspecified atom stereocenters. The Hall–Kier alpha value is -0.830. The third-order valence-electron chi connectivity index (χ3n) is 3.91. The quantitative estimate of drug-likeness (QED) is 0.242. The second kappa shape index (κ2) is 13.4. The highest BCUT2D eigenvalue weighted by Crippen LogP contribution is 2.03. The highest BCUT2D eigenvalue weighted by Gasteiger charge is 2.12. The van der Waals surface area contributed by atoms with Gasteiger partial charge in [0.25, 0.3) is 0 Å². The van der Waals surface area contributed by atoms with Gasteiger partial charge >= 0.3 is 0 Å². The van der Waals surface area contributed by atoms with Crippen LogP contribution in [-0.4, -0.2) is 58.9 Å². The third kappa shape index (κ3) is 10.0. The molecule has 0 saturated heterocycles. The van der Waals surface area contributed by atoms with E-state index in [2.05, 4.69) is 73.4 Å². The van der Waals surface area contributed by atoms with Crippen LogP contribution in [0.3, 0.4) is 0 Å². The van der Waals surface area contributed by atoms with Gasteiger partial charge in [0, 0.05) is 51.0 Å². The first kappa shape index (κ1) is 24.2. The summed E-state index contributed by atoms with van der Waals surface area (Å²) < 4.78 is 1.98. The number of halogens is 1. The number of rotatable bonds is 10. The molecule has 0 aliphatic carbocycles. The minimum atomic E-state index is 0. The fourth-order valence-corrected chi connectivity index (χ4v) is 2.77. The van der Waals surface area contributed by atoms with Crippen LogP contribution in [0.1, 0.15) is 46.6 Å². The molecule has 0 aliphatic rings. The van der Waals surface area contributed by atoms with Crippen LogP contribution in [-0.2, 0) is 6.54 Å². The summed E-state index contributed by atoms with van der Waals surface area (Å²) in [4.78, 5) is 7.14. The number of aryl methyl sites for hydroxylation is 2. The predicted octanol–water partition coefficient (Wildman–Crippen LogP) is 2.87. The summed E-state index contributed by atoms with van der Waals surface area (Å²) in [7, 11) is 0. The molecule has 2 N–H and O–H groups in total. The van der Waals surface area contributed by atoms with E-state index in [1.807, 2.05) is 10.9 Å². The van der Waals surface area contributed by atoms with E-state index < -0.39 is 0 Å². The number of aromatic nitrogens is 2. The van der Waals surface area contributed by atoms with E-state index in [0.29, 0.717) is 12.1 Å². The molecule has 1 aromatic rings. The Labute approximate surface area is 170 Å². The Morgan fingerprint density at radius 3 is 2.44 bits per heavy atom. The first-order valence-electron chi connectivity index (χ1n) is 9.21. The predicted molar refractivity (Wildman–Crippen MR) is 118 cm³/mol. The number of nitrogens with zero attached hydrogens (tertiary/aromatic N) is 4. The first-order valence-corrected chi connectivity index (χ1v) is 9.21. The van der Waals surface area contributed by atoms with Crippen LogP contribution in [0, 0.1) is 6.92 Å². The lowest BCUT2D eigenvalue weighted by atomic mass is 10.2. The molecule has 0 fully saturated rings. The maximum atomic E-state index is 4.66. The Morgan fingerprint density at radius 1 is 1.24 bits per heavy atom. The van der Waals surface area contributed by atoms with Crippen LogP contribution < -0.4 is 10.6 Å². The minimum Gasteiger partial charge on any atom is -0.357 e. The number of nitrogens with one attached hydrogen (secondary N) is 2. The molecule has 1 heterocycles. The van der Waals surface area contributed by atoms with Crippen molar-refractivity contribution >= 4 is 29.9 Å². The fraction of sp³-hybridized carbons (Fsp3) is 0.778. The largest absolute Gasteiger partial charge is 0.357 e. The van der Waals surface area contributed by atoms with Crippen LogP contribution in [0.15, 0.2) is 17.4 Å². The molecule has 146 valence electrons. The summed E-state index contributed by atoms with van der Waals surface area (Å²) in [6, 6.07) is 1.12. The third-order valence-corrected chi connectivity index (χ3v) is 3.91. The van der Waals surface area contributed by atoms with Crippen LogP contribution >= 0.6 is 24.0 Å². The normalized spacial score (nSPS) is 12.0. The summed E-state index contributed by atoms with van der Waals surface area (Å²) in [5.74, 6) is 0.904. The molecule has 7 heteroatoms. The first-order chi connectivity index (χ1) is 11.4. The molecule has 0 bridgehead atoms. The van der Waals surface area contributed by atoms with E-state index in [9.17, 15) is 0 Å². The van der Waals surface area contributed by atoms with Crippen molar-refractivity contribution in [3.05, 3.63) is 18.0 Å². The van der Waals surface area contributed by atoms with E-state index in [0.717, 1.165) is 45.1 Å². The van der Waals surface area contributed by atoms with Gasteiger partial charge in [-0.15, -0.1) is 24.0 Å². The van der Waals surface area contributed by atoms with Gasteiger partial charge in [-0.1, -0.05) is 0 Å². The zero-order chi connectivity index (χ0) is 17.9. The maximum Gasteiger partial charge on any atom is 0.191 e. The molecule has 1 rings (SSSR count). The van der Waals surface area contributed by atoms with Crippen molar-refractivity contribution in [2.45, 2.75) is 66.6 Å². The lowest BCUT2D eigenvalue weighted by molar-refractivity contribution is 0.178. The van der Waals surface area contributed by atoms with E-state index in [4.69, 9.17) is 0 Å². The number of hydrogen-bond acceptors (Lipinski definition) is 3. The summed E-state index contributed by atoms with van der Waals surface area (Å²) >= 11 is 0. The van der Waals surface area contributed by atoms with Gasteiger partial charge in [-0.3, -0.25) is 14.6 Å². The molecule has 0 amide bonds. The molecular formula is C18H37IN6. The van der Waals surface area contributed by atoms with Gasteiger partial charge in [-0.25, -0.2) is 0 Å². The second-order valence-corrected chi connectivity index (χ2v) is 6.75. The van der Waals surface area contributed by atoms with Gasteiger partial charge in [0.05, 0.1) is 6.20 Å². The van der Waals surface area contributed by atoms with Crippen molar-refractivity contribution < 1.29 is 0 Å². The minimum absolute atomic E-state index is 0. The molecular weight excluding hydrogens is 427 g/mol. The summed E-state index contributed by atoms with van der Waals surface area (Å²) in [6.07, 6.45) is 4.95. The molecule has 0 aromatic carbocycles. The average Bonchev–Trinajstić information content (AvgIpc) is 2.92. The summed E-state index contributed by atoms with van der Waals surface area (Å²) in [6.45, 7) is 17.6. The van der Waals surface area contributed by atoms with Crippen molar-refractivity contribution in [3.8, 4) is 0 Å².